The van der Waals surface area contributed by atoms with E-state index in [0.717, 1.165) is 5.56 Å². The first-order valence-electron chi connectivity index (χ1n) is 7.73. The molecule has 2 aliphatic rings. The molecule has 5 nitrogen and oxygen atoms in total. The zero-order valence-corrected chi connectivity index (χ0v) is 13.1. The van der Waals surface area contributed by atoms with E-state index in [0.29, 0.717) is 32.8 Å². The first-order valence-corrected chi connectivity index (χ1v) is 7.73. The second-order valence-electron chi connectivity index (χ2n) is 6.49. The highest BCUT2D eigenvalue weighted by molar-refractivity contribution is 6.09. The van der Waals surface area contributed by atoms with Crippen LogP contribution in [0.15, 0.2) is 30.3 Å². The molecule has 0 spiro atoms. The molecule has 1 aromatic rings. The van der Waals surface area contributed by atoms with Crippen LogP contribution in [0.25, 0.3) is 0 Å². The largest absolute Gasteiger partial charge is 0.379 e. The van der Waals surface area contributed by atoms with Crippen LogP contribution in [-0.4, -0.2) is 54.0 Å². The Bertz CT molecular complexity index is 565. The number of hydrogen-bond acceptors (Lipinski definition) is 4. The number of rotatable bonds is 3. The molecule has 3 rings (SSSR count). The summed E-state index contributed by atoms with van der Waals surface area (Å²) in [6.07, 6.45) is 0. The van der Waals surface area contributed by atoms with Crippen molar-refractivity contribution >= 4 is 11.8 Å². The highest BCUT2D eigenvalue weighted by atomic mass is 16.5. The number of carbonyl (C=O) groups is 2. The van der Waals surface area contributed by atoms with Gasteiger partial charge in [0.15, 0.2) is 0 Å². The Kier molecular flexibility index (Phi) is 4.02. The van der Waals surface area contributed by atoms with Gasteiger partial charge >= 0.3 is 0 Å². The van der Waals surface area contributed by atoms with E-state index >= 15 is 0 Å². The van der Waals surface area contributed by atoms with Gasteiger partial charge in [-0.05, 0) is 19.4 Å². The lowest BCUT2D eigenvalue weighted by Crippen LogP contribution is -2.52. The van der Waals surface area contributed by atoms with Gasteiger partial charge < -0.3 is 4.74 Å². The minimum Gasteiger partial charge on any atom is -0.379 e. The van der Waals surface area contributed by atoms with E-state index < -0.39 is 5.41 Å². The molecule has 118 valence electrons. The van der Waals surface area contributed by atoms with Crippen molar-refractivity contribution in [3.8, 4) is 0 Å². The minimum absolute atomic E-state index is 0.0826. The molecule has 2 heterocycles. The molecule has 0 radical (unpaired) electrons. The van der Waals surface area contributed by atoms with Crippen LogP contribution in [-0.2, 0) is 20.9 Å². The minimum atomic E-state index is -0.691. The number of morpholine rings is 1. The summed E-state index contributed by atoms with van der Waals surface area (Å²) in [6, 6.07) is 9.27. The Balaban J connectivity index is 1.84. The van der Waals surface area contributed by atoms with Crippen molar-refractivity contribution in [2.24, 2.45) is 5.41 Å². The lowest BCUT2D eigenvalue weighted by atomic mass is 9.85. The third-order valence-electron chi connectivity index (χ3n) is 4.57. The number of carbonyl (C=O) groups excluding carboxylic acids is 2. The number of imide groups is 1. The topological polar surface area (TPSA) is 49.9 Å². The van der Waals surface area contributed by atoms with Crippen LogP contribution < -0.4 is 0 Å². The Morgan fingerprint density at radius 2 is 1.77 bits per heavy atom. The van der Waals surface area contributed by atoms with E-state index in [1.54, 1.807) is 0 Å². The highest BCUT2D eigenvalue weighted by Gasteiger charge is 2.55. The van der Waals surface area contributed by atoms with Gasteiger partial charge in [0.1, 0.15) is 6.04 Å². The maximum Gasteiger partial charge on any atom is 0.247 e. The summed E-state index contributed by atoms with van der Waals surface area (Å²) in [4.78, 5) is 29.1. The zero-order valence-electron chi connectivity index (χ0n) is 13.1. The predicted octanol–water partition coefficient (Wildman–Crippen LogP) is 1.28. The molecule has 0 aromatic heterocycles. The van der Waals surface area contributed by atoms with Crippen molar-refractivity contribution in [2.75, 3.05) is 26.3 Å². The lowest BCUT2D eigenvalue weighted by molar-refractivity contribution is -0.141. The molecule has 1 atom stereocenters. The smallest absolute Gasteiger partial charge is 0.247 e. The summed E-state index contributed by atoms with van der Waals surface area (Å²) in [6.45, 7) is 6.73. The van der Waals surface area contributed by atoms with Crippen LogP contribution in [0.5, 0.6) is 0 Å². The second kappa shape index (κ2) is 5.82. The number of amides is 2. The molecule has 2 amide bonds. The van der Waals surface area contributed by atoms with Gasteiger partial charge in [0.05, 0.1) is 25.2 Å². The number of nitrogens with zero attached hydrogens (tertiary/aromatic N) is 2. The first-order chi connectivity index (χ1) is 10.5. The van der Waals surface area contributed by atoms with Crippen molar-refractivity contribution in [3.05, 3.63) is 35.9 Å². The molecule has 5 heteroatoms. The Labute approximate surface area is 130 Å². The van der Waals surface area contributed by atoms with Crippen LogP contribution in [0.3, 0.4) is 0 Å². The Hall–Kier alpha value is -1.72. The molecule has 22 heavy (non-hydrogen) atoms. The van der Waals surface area contributed by atoms with E-state index in [2.05, 4.69) is 4.90 Å². The first kappa shape index (κ1) is 15.2. The van der Waals surface area contributed by atoms with Gasteiger partial charge in [-0.1, -0.05) is 30.3 Å². The molecule has 2 aliphatic heterocycles. The van der Waals surface area contributed by atoms with Crippen LogP contribution in [0.4, 0.5) is 0 Å². The lowest BCUT2D eigenvalue weighted by Gasteiger charge is -2.35. The SMILES string of the molecule is CC1(C)C(=O)N(Cc2ccccc2)C(=O)C1N1CCOCC1. The van der Waals surface area contributed by atoms with Gasteiger partial charge in [0.25, 0.3) is 0 Å². The van der Waals surface area contributed by atoms with Gasteiger partial charge in [0.2, 0.25) is 11.8 Å². The van der Waals surface area contributed by atoms with Gasteiger partial charge in [-0.15, -0.1) is 0 Å². The van der Waals surface area contributed by atoms with Crippen molar-refractivity contribution < 1.29 is 14.3 Å². The van der Waals surface area contributed by atoms with Crippen molar-refractivity contribution in [1.29, 1.82) is 0 Å². The monoisotopic (exact) mass is 302 g/mol. The van der Waals surface area contributed by atoms with Crippen LogP contribution in [0.1, 0.15) is 19.4 Å². The summed E-state index contributed by atoms with van der Waals surface area (Å²) in [5.74, 6) is -0.168. The molecular formula is C17H22N2O3. The van der Waals surface area contributed by atoms with E-state index in [1.807, 2.05) is 44.2 Å². The predicted molar refractivity (Wildman–Crippen MR) is 82.0 cm³/mol. The quantitative estimate of drug-likeness (QED) is 0.789. The van der Waals surface area contributed by atoms with Crippen LogP contribution >= 0.6 is 0 Å². The average molecular weight is 302 g/mol. The van der Waals surface area contributed by atoms with Crippen molar-refractivity contribution in [3.63, 3.8) is 0 Å². The Morgan fingerprint density at radius 3 is 2.41 bits per heavy atom. The Morgan fingerprint density at radius 1 is 1.14 bits per heavy atom. The van der Waals surface area contributed by atoms with E-state index in [4.69, 9.17) is 4.74 Å². The molecular weight excluding hydrogens is 280 g/mol. The maximum absolute atomic E-state index is 12.9. The zero-order chi connectivity index (χ0) is 15.7. The fourth-order valence-corrected chi connectivity index (χ4v) is 3.39. The van der Waals surface area contributed by atoms with E-state index in [9.17, 15) is 9.59 Å². The van der Waals surface area contributed by atoms with Crippen LogP contribution in [0.2, 0.25) is 0 Å². The van der Waals surface area contributed by atoms with E-state index in [-0.39, 0.29) is 17.9 Å². The summed E-state index contributed by atoms with van der Waals surface area (Å²) in [5.41, 5.74) is 0.283. The normalized spacial score (nSPS) is 25.7. The summed E-state index contributed by atoms with van der Waals surface area (Å²) < 4.78 is 5.36. The molecule has 0 aliphatic carbocycles. The third kappa shape index (κ3) is 2.55. The summed E-state index contributed by atoms with van der Waals surface area (Å²) in [7, 11) is 0. The fraction of sp³-hybridized carbons (Fsp3) is 0.529. The maximum atomic E-state index is 12.9. The number of hydrogen-bond donors (Lipinski definition) is 0. The second-order valence-corrected chi connectivity index (χ2v) is 6.49. The van der Waals surface area contributed by atoms with Crippen molar-refractivity contribution in [2.45, 2.75) is 26.4 Å². The molecule has 1 unspecified atom stereocenters. The molecule has 0 saturated carbocycles. The molecule has 1 aromatic carbocycles. The van der Waals surface area contributed by atoms with Gasteiger partial charge in [-0.25, -0.2) is 0 Å². The highest BCUT2D eigenvalue weighted by Crippen LogP contribution is 2.36. The van der Waals surface area contributed by atoms with E-state index in [1.165, 1.54) is 4.90 Å². The summed E-state index contributed by atoms with van der Waals surface area (Å²) >= 11 is 0. The van der Waals surface area contributed by atoms with Crippen molar-refractivity contribution in [1.82, 2.24) is 9.80 Å². The number of benzene rings is 1. The fourth-order valence-electron chi connectivity index (χ4n) is 3.39. The van der Waals surface area contributed by atoms with Gasteiger partial charge in [-0.2, -0.15) is 0 Å². The van der Waals surface area contributed by atoms with Crippen LogP contribution in [0, 0.1) is 5.41 Å². The number of ether oxygens (including phenoxy) is 1. The summed E-state index contributed by atoms with van der Waals surface area (Å²) in [5, 5.41) is 0. The van der Waals surface area contributed by atoms with Gasteiger partial charge in [-0.3, -0.25) is 19.4 Å². The number of likely N-dealkylation sites (tertiary alicyclic amines) is 1. The third-order valence-corrected chi connectivity index (χ3v) is 4.57. The molecule has 0 bridgehead atoms. The standard InChI is InChI=1S/C17H22N2O3/c1-17(2)14(18-8-10-22-11-9-18)15(20)19(16(17)21)12-13-6-4-3-5-7-13/h3-7,14H,8-12H2,1-2H3. The average Bonchev–Trinajstić information content (AvgIpc) is 2.69. The molecule has 0 N–H and O–H groups in total. The molecule has 2 fully saturated rings. The van der Waals surface area contributed by atoms with Gasteiger partial charge in [0, 0.05) is 13.1 Å². The molecule has 2 saturated heterocycles.